The highest BCUT2D eigenvalue weighted by molar-refractivity contribution is 6.24. The van der Waals surface area contributed by atoms with Crippen molar-refractivity contribution in [1.29, 1.82) is 0 Å². The standard InChI is InChI=1S/C21H26N2O2/c1-15(2)11-12-22-13-16(24)14-25-23-21-19-9-5-3-7-17(19)18-8-4-6-10-20(18)21/h3-10,15-16,22,24H,11-14H2,1-2H3/t16-/m1/s1. The lowest BCUT2D eigenvalue weighted by molar-refractivity contribution is 0.0405. The van der Waals surface area contributed by atoms with Gasteiger partial charge in [0.2, 0.25) is 0 Å². The molecule has 4 nitrogen and oxygen atoms in total. The van der Waals surface area contributed by atoms with E-state index in [1.807, 2.05) is 24.3 Å². The largest absolute Gasteiger partial charge is 0.392 e. The zero-order chi connectivity index (χ0) is 17.6. The van der Waals surface area contributed by atoms with Crippen molar-refractivity contribution in [1.82, 2.24) is 5.32 Å². The number of nitrogens with zero attached hydrogens (tertiary/aromatic N) is 1. The minimum Gasteiger partial charge on any atom is -0.392 e. The lowest BCUT2D eigenvalue weighted by Crippen LogP contribution is -2.31. The van der Waals surface area contributed by atoms with E-state index < -0.39 is 6.10 Å². The molecule has 0 bridgehead atoms. The van der Waals surface area contributed by atoms with Crippen molar-refractivity contribution < 1.29 is 9.94 Å². The van der Waals surface area contributed by atoms with Gasteiger partial charge in [0.15, 0.2) is 0 Å². The quantitative estimate of drug-likeness (QED) is 0.489. The summed E-state index contributed by atoms with van der Waals surface area (Å²) in [6, 6.07) is 16.4. The zero-order valence-corrected chi connectivity index (χ0v) is 14.9. The molecule has 0 spiro atoms. The van der Waals surface area contributed by atoms with Gasteiger partial charge in [-0.1, -0.05) is 67.5 Å². The predicted molar refractivity (Wildman–Crippen MR) is 102 cm³/mol. The van der Waals surface area contributed by atoms with E-state index in [0.717, 1.165) is 29.8 Å². The molecule has 132 valence electrons. The van der Waals surface area contributed by atoms with Crippen LogP contribution in [-0.4, -0.2) is 36.6 Å². The monoisotopic (exact) mass is 338 g/mol. The summed E-state index contributed by atoms with van der Waals surface area (Å²) >= 11 is 0. The van der Waals surface area contributed by atoms with Crippen LogP contribution in [0.5, 0.6) is 0 Å². The highest BCUT2D eigenvalue weighted by Gasteiger charge is 2.24. The second kappa shape index (κ2) is 8.28. The zero-order valence-electron chi connectivity index (χ0n) is 14.9. The van der Waals surface area contributed by atoms with E-state index in [0.29, 0.717) is 12.5 Å². The van der Waals surface area contributed by atoms with Crippen LogP contribution in [0, 0.1) is 5.92 Å². The first kappa shape index (κ1) is 17.6. The van der Waals surface area contributed by atoms with Gasteiger partial charge in [0.1, 0.15) is 18.4 Å². The third-order valence-corrected chi connectivity index (χ3v) is 4.36. The van der Waals surface area contributed by atoms with E-state index >= 15 is 0 Å². The van der Waals surface area contributed by atoms with E-state index in [1.54, 1.807) is 0 Å². The molecule has 25 heavy (non-hydrogen) atoms. The summed E-state index contributed by atoms with van der Waals surface area (Å²) in [5, 5.41) is 17.6. The Labute approximate surface area is 149 Å². The van der Waals surface area contributed by atoms with Gasteiger partial charge in [-0.2, -0.15) is 0 Å². The fourth-order valence-electron chi connectivity index (χ4n) is 3.00. The number of fused-ring (bicyclic) bond motifs is 3. The summed E-state index contributed by atoms with van der Waals surface area (Å²) in [6.45, 7) is 5.99. The molecule has 0 saturated carbocycles. The summed E-state index contributed by atoms with van der Waals surface area (Å²) in [7, 11) is 0. The lowest BCUT2D eigenvalue weighted by Gasteiger charge is -2.12. The van der Waals surface area contributed by atoms with Crippen LogP contribution in [0.4, 0.5) is 0 Å². The molecule has 0 aromatic heterocycles. The maximum absolute atomic E-state index is 10.0. The van der Waals surface area contributed by atoms with Gasteiger partial charge in [-0.25, -0.2) is 0 Å². The Morgan fingerprint density at radius 1 is 0.960 bits per heavy atom. The van der Waals surface area contributed by atoms with Crippen molar-refractivity contribution in [3.63, 3.8) is 0 Å². The van der Waals surface area contributed by atoms with Crippen molar-refractivity contribution >= 4 is 5.71 Å². The van der Waals surface area contributed by atoms with Gasteiger partial charge in [-0.05, 0) is 30.0 Å². The van der Waals surface area contributed by atoms with Crippen molar-refractivity contribution in [2.24, 2.45) is 11.1 Å². The van der Waals surface area contributed by atoms with Gasteiger partial charge in [0, 0.05) is 17.7 Å². The van der Waals surface area contributed by atoms with Gasteiger partial charge in [0.05, 0.1) is 0 Å². The van der Waals surface area contributed by atoms with E-state index in [4.69, 9.17) is 4.84 Å². The normalized spacial score (nSPS) is 13.5. The molecule has 4 heteroatoms. The summed E-state index contributed by atoms with van der Waals surface area (Å²) < 4.78 is 0. The Balaban J connectivity index is 1.60. The van der Waals surface area contributed by atoms with Crippen LogP contribution in [0.3, 0.4) is 0 Å². The fourth-order valence-corrected chi connectivity index (χ4v) is 3.00. The molecule has 0 fully saturated rings. The molecule has 3 rings (SSSR count). The fraction of sp³-hybridized carbons (Fsp3) is 0.381. The summed E-state index contributed by atoms with van der Waals surface area (Å²) in [6.07, 6.45) is 0.534. The number of hydrogen-bond acceptors (Lipinski definition) is 4. The third-order valence-electron chi connectivity index (χ3n) is 4.36. The molecular formula is C21H26N2O2. The Bertz CT molecular complexity index is 693. The molecule has 2 aromatic carbocycles. The molecule has 0 radical (unpaired) electrons. The maximum atomic E-state index is 10.0. The maximum Gasteiger partial charge on any atom is 0.144 e. The molecular weight excluding hydrogens is 312 g/mol. The molecule has 0 aliphatic heterocycles. The highest BCUT2D eigenvalue weighted by atomic mass is 16.6. The Morgan fingerprint density at radius 2 is 1.52 bits per heavy atom. The average Bonchev–Trinajstić information content (AvgIpc) is 2.93. The van der Waals surface area contributed by atoms with Crippen molar-refractivity contribution in [2.45, 2.75) is 26.4 Å². The molecule has 2 N–H and O–H groups in total. The number of rotatable bonds is 8. The smallest absolute Gasteiger partial charge is 0.144 e. The Hall–Kier alpha value is -2.17. The molecule has 0 unspecified atom stereocenters. The first-order chi connectivity index (χ1) is 12.2. The number of hydrogen-bond donors (Lipinski definition) is 2. The van der Waals surface area contributed by atoms with Crippen molar-refractivity contribution in [3.8, 4) is 11.1 Å². The second-order valence-corrected chi connectivity index (χ2v) is 6.87. The first-order valence-electron chi connectivity index (χ1n) is 8.94. The van der Waals surface area contributed by atoms with E-state index in [1.165, 1.54) is 11.1 Å². The Kier molecular flexibility index (Phi) is 5.84. The van der Waals surface area contributed by atoms with Crippen LogP contribution in [0.15, 0.2) is 53.7 Å². The van der Waals surface area contributed by atoms with Gasteiger partial charge >= 0.3 is 0 Å². The van der Waals surface area contributed by atoms with Gasteiger partial charge in [-0.3, -0.25) is 0 Å². The lowest BCUT2D eigenvalue weighted by atomic mass is 10.1. The average molecular weight is 338 g/mol. The molecule has 1 aliphatic rings. The van der Waals surface area contributed by atoms with Gasteiger partial charge in [0.25, 0.3) is 0 Å². The second-order valence-electron chi connectivity index (χ2n) is 6.87. The molecule has 0 saturated heterocycles. The topological polar surface area (TPSA) is 53.8 Å². The predicted octanol–water partition coefficient (Wildman–Crippen LogP) is 3.43. The SMILES string of the molecule is CC(C)CCNC[C@@H](O)CON=C1c2ccccc2-c2ccccc21. The third kappa shape index (κ3) is 4.27. The highest BCUT2D eigenvalue weighted by Crippen LogP contribution is 2.36. The number of oxime groups is 1. The van der Waals surface area contributed by atoms with Crippen LogP contribution in [0.2, 0.25) is 0 Å². The number of nitrogens with one attached hydrogen (secondary N) is 1. The van der Waals surface area contributed by atoms with Crippen molar-refractivity contribution in [3.05, 3.63) is 59.7 Å². The summed E-state index contributed by atoms with van der Waals surface area (Å²) in [5.74, 6) is 0.662. The van der Waals surface area contributed by atoms with Crippen LogP contribution >= 0.6 is 0 Å². The first-order valence-corrected chi connectivity index (χ1v) is 8.94. The molecule has 1 aliphatic carbocycles. The Morgan fingerprint density at radius 3 is 2.08 bits per heavy atom. The van der Waals surface area contributed by atoms with Gasteiger partial charge in [-0.15, -0.1) is 0 Å². The number of aliphatic hydroxyl groups is 1. The van der Waals surface area contributed by atoms with Crippen LogP contribution in [0.25, 0.3) is 11.1 Å². The van der Waals surface area contributed by atoms with E-state index in [2.05, 4.69) is 48.6 Å². The van der Waals surface area contributed by atoms with Crippen molar-refractivity contribution in [2.75, 3.05) is 19.7 Å². The number of benzene rings is 2. The minimum atomic E-state index is -0.566. The number of aliphatic hydroxyl groups excluding tert-OH is 1. The summed E-state index contributed by atoms with van der Waals surface area (Å²) in [4.78, 5) is 5.47. The molecule has 0 heterocycles. The van der Waals surface area contributed by atoms with Gasteiger partial charge < -0.3 is 15.3 Å². The van der Waals surface area contributed by atoms with Crippen LogP contribution in [0.1, 0.15) is 31.4 Å². The molecule has 0 amide bonds. The molecule has 1 atom stereocenters. The van der Waals surface area contributed by atoms with E-state index in [9.17, 15) is 5.11 Å². The van der Waals surface area contributed by atoms with Crippen LogP contribution < -0.4 is 5.32 Å². The van der Waals surface area contributed by atoms with Crippen LogP contribution in [-0.2, 0) is 4.84 Å². The minimum absolute atomic E-state index is 0.183. The molecule has 2 aromatic rings. The van der Waals surface area contributed by atoms with E-state index in [-0.39, 0.29) is 6.61 Å². The summed E-state index contributed by atoms with van der Waals surface area (Å²) in [5.41, 5.74) is 5.35.